The zero-order chi connectivity index (χ0) is 13.4. The Morgan fingerprint density at radius 1 is 1.37 bits per heavy atom. The molecular weight excluding hydrogens is 248 g/mol. The number of hydrogen-bond acceptors (Lipinski definition) is 6. The van der Waals surface area contributed by atoms with E-state index in [-0.39, 0.29) is 11.6 Å². The predicted octanol–water partition coefficient (Wildman–Crippen LogP) is 1.48. The monoisotopic (exact) mass is 258 g/mol. The number of rotatable bonds is 2. The minimum Gasteiger partial charge on any atom is -0.464 e. The van der Waals surface area contributed by atoms with Gasteiger partial charge in [0.15, 0.2) is 11.3 Å². The maximum Gasteiger partial charge on any atom is 0.360 e. The topological polar surface area (TPSA) is 82.5 Å². The van der Waals surface area contributed by atoms with Crippen molar-refractivity contribution in [1.29, 1.82) is 0 Å². The summed E-state index contributed by atoms with van der Waals surface area (Å²) in [6, 6.07) is 5.51. The number of aryl methyl sites for hydroxylation is 1. The Hall–Kier alpha value is -2.70. The van der Waals surface area contributed by atoms with E-state index in [1.165, 1.54) is 7.11 Å². The van der Waals surface area contributed by atoms with E-state index in [1.807, 2.05) is 18.2 Å². The van der Waals surface area contributed by atoms with Crippen molar-refractivity contribution in [1.82, 2.24) is 19.6 Å². The Morgan fingerprint density at radius 2 is 2.21 bits per heavy atom. The number of hydrogen-bond donors (Lipinski definition) is 0. The average molecular weight is 258 g/mol. The van der Waals surface area contributed by atoms with E-state index in [1.54, 1.807) is 17.5 Å². The molecule has 0 unspecified atom stereocenters. The van der Waals surface area contributed by atoms with Crippen LogP contribution in [0.15, 0.2) is 28.8 Å². The van der Waals surface area contributed by atoms with E-state index in [2.05, 4.69) is 19.9 Å². The van der Waals surface area contributed by atoms with Crippen LogP contribution in [0.1, 0.15) is 16.2 Å². The number of nitrogens with zero attached hydrogens (tertiary/aromatic N) is 4. The molecule has 0 aliphatic rings. The van der Waals surface area contributed by atoms with E-state index in [0.29, 0.717) is 17.2 Å². The van der Waals surface area contributed by atoms with Gasteiger partial charge < -0.3 is 9.15 Å². The SMILES string of the molecule is COC(=O)c1nc(-c2nnc3ccccn23)oc1C. The molecule has 0 radical (unpaired) electrons. The first-order valence-corrected chi connectivity index (χ1v) is 5.56. The average Bonchev–Trinajstić information content (AvgIpc) is 3.01. The molecule has 96 valence electrons. The van der Waals surface area contributed by atoms with Crippen LogP contribution in [0.5, 0.6) is 0 Å². The van der Waals surface area contributed by atoms with E-state index >= 15 is 0 Å². The number of carbonyl (C=O) groups is 1. The van der Waals surface area contributed by atoms with E-state index < -0.39 is 5.97 Å². The first-order valence-electron chi connectivity index (χ1n) is 5.56. The lowest BCUT2D eigenvalue weighted by Crippen LogP contribution is -2.03. The van der Waals surface area contributed by atoms with Gasteiger partial charge in [-0.1, -0.05) is 6.07 Å². The number of aromatic nitrogens is 4. The first-order chi connectivity index (χ1) is 9.20. The third-order valence-corrected chi connectivity index (χ3v) is 2.68. The first kappa shape index (κ1) is 11.4. The fourth-order valence-electron chi connectivity index (χ4n) is 1.77. The maximum absolute atomic E-state index is 11.5. The third-order valence-electron chi connectivity index (χ3n) is 2.68. The zero-order valence-corrected chi connectivity index (χ0v) is 10.3. The molecule has 0 bridgehead atoms. The highest BCUT2D eigenvalue weighted by atomic mass is 16.5. The second-order valence-corrected chi connectivity index (χ2v) is 3.87. The molecule has 3 aromatic heterocycles. The summed E-state index contributed by atoms with van der Waals surface area (Å²) in [5, 5.41) is 8.01. The van der Waals surface area contributed by atoms with Crippen LogP contribution < -0.4 is 0 Å². The summed E-state index contributed by atoms with van der Waals surface area (Å²) >= 11 is 0. The standard InChI is InChI=1S/C12H10N4O3/c1-7-9(12(17)18-2)13-11(19-7)10-15-14-8-5-3-4-6-16(8)10/h3-6H,1-2H3. The van der Waals surface area contributed by atoms with Crippen molar-refractivity contribution >= 4 is 11.6 Å². The molecular formula is C12H10N4O3. The number of pyridine rings is 1. The summed E-state index contributed by atoms with van der Waals surface area (Å²) in [7, 11) is 1.29. The van der Waals surface area contributed by atoms with Crippen LogP contribution in [-0.4, -0.2) is 32.7 Å². The lowest BCUT2D eigenvalue weighted by molar-refractivity contribution is 0.0593. The van der Waals surface area contributed by atoms with E-state index in [4.69, 9.17) is 4.42 Å². The van der Waals surface area contributed by atoms with Gasteiger partial charge in [0.2, 0.25) is 5.82 Å². The van der Waals surface area contributed by atoms with Crippen LogP contribution in [0.25, 0.3) is 17.4 Å². The molecule has 0 spiro atoms. The van der Waals surface area contributed by atoms with Crippen molar-refractivity contribution in [2.24, 2.45) is 0 Å². The Bertz CT molecular complexity index is 759. The molecule has 0 aliphatic heterocycles. The van der Waals surface area contributed by atoms with Crippen LogP contribution in [0, 0.1) is 6.92 Å². The van der Waals surface area contributed by atoms with Gasteiger partial charge in [-0.05, 0) is 19.1 Å². The maximum atomic E-state index is 11.5. The molecule has 0 saturated carbocycles. The molecule has 3 rings (SSSR count). The highest BCUT2D eigenvalue weighted by Crippen LogP contribution is 2.21. The Morgan fingerprint density at radius 3 is 3.00 bits per heavy atom. The summed E-state index contributed by atoms with van der Waals surface area (Å²) in [6.07, 6.45) is 1.79. The van der Waals surface area contributed by atoms with Gasteiger partial charge in [-0.2, -0.15) is 4.98 Å². The van der Waals surface area contributed by atoms with Gasteiger partial charge in [-0.3, -0.25) is 4.40 Å². The van der Waals surface area contributed by atoms with Gasteiger partial charge in [0.25, 0.3) is 5.89 Å². The molecule has 0 saturated heterocycles. The molecule has 7 nitrogen and oxygen atoms in total. The highest BCUT2D eigenvalue weighted by molar-refractivity contribution is 5.88. The molecule has 7 heteroatoms. The second-order valence-electron chi connectivity index (χ2n) is 3.87. The lowest BCUT2D eigenvalue weighted by Gasteiger charge is -1.93. The summed E-state index contributed by atoms with van der Waals surface area (Å²) in [6.45, 7) is 1.64. The summed E-state index contributed by atoms with van der Waals surface area (Å²) in [5.74, 6) is 0.515. The van der Waals surface area contributed by atoms with Crippen LogP contribution in [0.2, 0.25) is 0 Å². The Kier molecular flexibility index (Phi) is 2.52. The van der Waals surface area contributed by atoms with Crippen LogP contribution >= 0.6 is 0 Å². The molecule has 3 aromatic rings. The van der Waals surface area contributed by atoms with Crippen molar-refractivity contribution in [2.75, 3.05) is 7.11 Å². The van der Waals surface area contributed by atoms with Crippen molar-refractivity contribution < 1.29 is 13.9 Å². The van der Waals surface area contributed by atoms with Crippen molar-refractivity contribution in [3.8, 4) is 11.7 Å². The largest absolute Gasteiger partial charge is 0.464 e. The molecule has 0 N–H and O–H groups in total. The van der Waals surface area contributed by atoms with Gasteiger partial charge in [-0.25, -0.2) is 4.79 Å². The van der Waals surface area contributed by atoms with Crippen molar-refractivity contribution in [3.63, 3.8) is 0 Å². The number of oxazole rings is 1. The van der Waals surface area contributed by atoms with Gasteiger partial charge >= 0.3 is 5.97 Å². The zero-order valence-electron chi connectivity index (χ0n) is 10.3. The Balaban J connectivity index is 2.15. The van der Waals surface area contributed by atoms with Crippen LogP contribution in [0.4, 0.5) is 0 Å². The van der Waals surface area contributed by atoms with Gasteiger partial charge in [0, 0.05) is 6.20 Å². The quantitative estimate of drug-likeness (QED) is 0.647. The summed E-state index contributed by atoms with van der Waals surface area (Å²) in [5.41, 5.74) is 0.818. The fraction of sp³-hybridized carbons (Fsp3) is 0.167. The summed E-state index contributed by atoms with van der Waals surface area (Å²) in [4.78, 5) is 15.6. The van der Waals surface area contributed by atoms with Crippen molar-refractivity contribution in [3.05, 3.63) is 35.9 Å². The van der Waals surface area contributed by atoms with Gasteiger partial charge in [-0.15, -0.1) is 10.2 Å². The minimum absolute atomic E-state index is 0.144. The molecule has 19 heavy (non-hydrogen) atoms. The molecule has 0 amide bonds. The number of fused-ring (bicyclic) bond motifs is 1. The van der Waals surface area contributed by atoms with E-state index in [0.717, 1.165) is 0 Å². The van der Waals surface area contributed by atoms with Gasteiger partial charge in [0.1, 0.15) is 5.76 Å². The number of carbonyl (C=O) groups excluding carboxylic acids is 1. The number of esters is 1. The molecule has 0 aliphatic carbocycles. The minimum atomic E-state index is -0.540. The summed E-state index contributed by atoms with van der Waals surface area (Å²) < 4.78 is 11.8. The molecule has 3 heterocycles. The van der Waals surface area contributed by atoms with E-state index in [9.17, 15) is 4.79 Å². The normalized spacial score (nSPS) is 10.8. The second kappa shape index (κ2) is 4.20. The van der Waals surface area contributed by atoms with Crippen LogP contribution in [-0.2, 0) is 4.74 Å². The van der Waals surface area contributed by atoms with Crippen molar-refractivity contribution in [2.45, 2.75) is 6.92 Å². The van der Waals surface area contributed by atoms with Gasteiger partial charge in [0.05, 0.1) is 7.11 Å². The fourth-order valence-corrected chi connectivity index (χ4v) is 1.77. The molecule has 0 fully saturated rings. The smallest absolute Gasteiger partial charge is 0.360 e. The molecule has 0 aromatic carbocycles. The highest BCUT2D eigenvalue weighted by Gasteiger charge is 2.21. The predicted molar refractivity (Wildman–Crippen MR) is 64.6 cm³/mol. The Labute approximate surface area is 107 Å². The third kappa shape index (κ3) is 1.75. The van der Waals surface area contributed by atoms with Crippen LogP contribution in [0.3, 0.4) is 0 Å². The number of ether oxygens (including phenoxy) is 1. The lowest BCUT2D eigenvalue weighted by atomic mass is 10.4. The molecule has 0 atom stereocenters. The number of methoxy groups -OCH3 is 1.